The Bertz CT molecular complexity index is 1090. The van der Waals surface area contributed by atoms with Crippen molar-refractivity contribution in [1.82, 2.24) is 4.98 Å². The molecule has 3 aromatic rings. The predicted octanol–water partition coefficient (Wildman–Crippen LogP) is 4.14. The van der Waals surface area contributed by atoms with Gasteiger partial charge in [0.25, 0.3) is 5.91 Å². The molecule has 26 heavy (non-hydrogen) atoms. The summed E-state index contributed by atoms with van der Waals surface area (Å²) in [5.41, 5.74) is 2.78. The van der Waals surface area contributed by atoms with Gasteiger partial charge in [-0.1, -0.05) is 29.8 Å². The number of carbonyl (C=O) groups is 1. The van der Waals surface area contributed by atoms with Crippen LogP contribution in [-0.2, 0) is 10.0 Å². The van der Waals surface area contributed by atoms with Crippen molar-refractivity contribution in [3.8, 4) is 0 Å². The van der Waals surface area contributed by atoms with Crippen molar-refractivity contribution in [2.75, 3.05) is 15.8 Å². The van der Waals surface area contributed by atoms with Gasteiger partial charge in [-0.15, -0.1) is 0 Å². The van der Waals surface area contributed by atoms with E-state index in [1.807, 2.05) is 24.3 Å². The lowest BCUT2D eigenvalue weighted by Crippen LogP contribution is -2.16. The van der Waals surface area contributed by atoms with Gasteiger partial charge in [-0.3, -0.25) is 9.52 Å². The molecule has 1 heterocycles. The molecule has 0 atom stereocenters. The van der Waals surface area contributed by atoms with Gasteiger partial charge < -0.3 is 10.3 Å². The number of amides is 1. The van der Waals surface area contributed by atoms with Crippen molar-refractivity contribution < 1.29 is 13.2 Å². The average molecular weight is 392 g/mol. The minimum absolute atomic E-state index is 0.0101. The van der Waals surface area contributed by atoms with Gasteiger partial charge in [-0.2, -0.15) is 0 Å². The fourth-order valence-electron chi connectivity index (χ4n) is 2.55. The van der Waals surface area contributed by atoms with Crippen LogP contribution in [0.25, 0.3) is 10.9 Å². The maximum atomic E-state index is 12.5. The number of anilines is 2. The highest BCUT2D eigenvalue weighted by Crippen LogP contribution is 2.28. The average Bonchev–Trinajstić information content (AvgIpc) is 2.95. The minimum Gasteiger partial charge on any atom is -0.349 e. The molecule has 0 aliphatic heterocycles. The Morgan fingerprint density at radius 2 is 1.92 bits per heavy atom. The van der Waals surface area contributed by atoms with Crippen LogP contribution in [0.5, 0.6) is 0 Å². The quantitative estimate of drug-likeness (QED) is 0.610. The molecule has 0 saturated carbocycles. The van der Waals surface area contributed by atoms with E-state index in [1.54, 1.807) is 32.0 Å². The molecule has 0 aliphatic carbocycles. The number of para-hydroxylation sites is 1. The third kappa shape index (κ3) is 3.68. The molecule has 0 radical (unpaired) electrons. The second kappa shape index (κ2) is 7.01. The lowest BCUT2D eigenvalue weighted by molar-refractivity contribution is 0.102. The third-order valence-electron chi connectivity index (χ3n) is 4.00. The molecule has 136 valence electrons. The zero-order valence-corrected chi connectivity index (χ0v) is 15.8. The number of hydrogen-bond acceptors (Lipinski definition) is 3. The number of carbonyl (C=O) groups excluding carboxylic acids is 1. The summed E-state index contributed by atoms with van der Waals surface area (Å²) in [5, 5.41) is 3.91. The Balaban J connectivity index is 1.83. The summed E-state index contributed by atoms with van der Waals surface area (Å²) in [6.07, 6.45) is 0. The number of nitrogens with one attached hydrogen (secondary N) is 3. The first kappa shape index (κ1) is 18.3. The lowest BCUT2D eigenvalue weighted by Gasteiger charge is -2.11. The largest absolute Gasteiger partial charge is 0.349 e. The first-order valence-corrected chi connectivity index (χ1v) is 10.0. The molecule has 6 nitrogen and oxygen atoms in total. The standard InChI is InChI=1S/C18H18ClN3O3S/c1-3-26(24,25)22-14-9-8-12(10-11(14)2)20-18(23)17-16(19)13-6-4-5-7-15(13)21-17/h4-10,21-22H,3H2,1-2H3,(H,20,23). The molecule has 8 heteroatoms. The Morgan fingerprint density at radius 3 is 2.58 bits per heavy atom. The number of benzene rings is 2. The van der Waals surface area contributed by atoms with Crippen molar-refractivity contribution in [2.45, 2.75) is 13.8 Å². The smallest absolute Gasteiger partial charge is 0.273 e. The summed E-state index contributed by atoms with van der Waals surface area (Å²) < 4.78 is 25.9. The fourth-order valence-corrected chi connectivity index (χ4v) is 3.56. The zero-order valence-electron chi connectivity index (χ0n) is 14.3. The summed E-state index contributed by atoms with van der Waals surface area (Å²) in [4.78, 5) is 15.6. The molecule has 0 aliphatic rings. The monoisotopic (exact) mass is 391 g/mol. The van der Waals surface area contributed by atoms with Gasteiger partial charge in [0.1, 0.15) is 5.69 Å². The highest BCUT2D eigenvalue weighted by molar-refractivity contribution is 7.92. The highest BCUT2D eigenvalue weighted by atomic mass is 35.5. The van der Waals surface area contributed by atoms with E-state index >= 15 is 0 Å². The summed E-state index contributed by atoms with van der Waals surface area (Å²) in [6.45, 7) is 3.33. The van der Waals surface area contributed by atoms with E-state index in [1.165, 1.54) is 0 Å². The van der Waals surface area contributed by atoms with Crippen LogP contribution in [0.1, 0.15) is 23.0 Å². The molecule has 0 unspecified atom stereocenters. The van der Waals surface area contributed by atoms with Gasteiger partial charge in [0.05, 0.1) is 16.5 Å². The summed E-state index contributed by atoms with van der Waals surface area (Å²) in [5.74, 6) is -0.378. The third-order valence-corrected chi connectivity index (χ3v) is 5.68. The predicted molar refractivity (Wildman–Crippen MR) is 106 cm³/mol. The number of halogens is 1. The van der Waals surface area contributed by atoms with Crippen LogP contribution < -0.4 is 10.0 Å². The Hall–Kier alpha value is -2.51. The summed E-state index contributed by atoms with van der Waals surface area (Å²) in [7, 11) is -3.35. The molecule has 0 saturated heterocycles. The van der Waals surface area contributed by atoms with Crippen LogP contribution in [0.15, 0.2) is 42.5 Å². The van der Waals surface area contributed by atoms with Crippen LogP contribution in [0, 0.1) is 6.92 Å². The number of rotatable bonds is 5. The van der Waals surface area contributed by atoms with Crippen LogP contribution >= 0.6 is 11.6 Å². The maximum Gasteiger partial charge on any atom is 0.273 e. The van der Waals surface area contributed by atoms with Gasteiger partial charge in [0.15, 0.2) is 0 Å². The number of H-pyrrole nitrogens is 1. The van der Waals surface area contributed by atoms with Crippen molar-refractivity contribution in [3.63, 3.8) is 0 Å². The Kier molecular flexibility index (Phi) is 4.93. The van der Waals surface area contributed by atoms with Gasteiger partial charge >= 0.3 is 0 Å². The lowest BCUT2D eigenvalue weighted by atomic mass is 10.2. The van der Waals surface area contributed by atoms with E-state index in [-0.39, 0.29) is 17.4 Å². The van der Waals surface area contributed by atoms with Crippen LogP contribution in [0.4, 0.5) is 11.4 Å². The molecule has 3 N–H and O–H groups in total. The second-order valence-corrected chi connectivity index (χ2v) is 8.24. The second-order valence-electron chi connectivity index (χ2n) is 5.85. The summed E-state index contributed by atoms with van der Waals surface area (Å²) in [6, 6.07) is 12.3. The van der Waals surface area contributed by atoms with Crippen molar-refractivity contribution in [3.05, 3.63) is 58.7 Å². The van der Waals surface area contributed by atoms with E-state index in [2.05, 4.69) is 15.0 Å². The molecule has 0 bridgehead atoms. The summed E-state index contributed by atoms with van der Waals surface area (Å²) >= 11 is 6.29. The van der Waals surface area contributed by atoms with Gasteiger partial charge in [-0.05, 0) is 43.7 Å². The van der Waals surface area contributed by atoms with E-state index in [4.69, 9.17) is 11.6 Å². The van der Waals surface area contributed by atoms with Crippen molar-refractivity contribution in [2.24, 2.45) is 0 Å². The van der Waals surface area contributed by atoms with E-state index in [0.717, 1.165) is 10.9 Å². The minimum atomic E-state index is -3.35. The number of hydrogen-bond donors (Lipinski definition) is 3. The van der Waals surface area contributed by atoms with E-state index < -0.39 is 10.0 Å². The van der Waals surface area contributed by atoms with Crippen molar-refractivity contribution in [1.29, 1.82) is 0 Å². The first-order chi connectivity index (χ1) is 12.3. The molecule has 0 spiro atoms. The van der Waals surface area contributed by atoms with Gasteiger partial charge in [0.2, 0.25) is 10.0 Å². The molecule has 0 fully saturated rings. The molecular formula is C18H18ClN3O3S. The number of sulfonamides is 1. The van der Waals surface area contributed by atoms with E-state index in [9.17, 15) is 13.2 Å². The first-order valence-electron chi connectivity index (χ1n) is 7.99. The number of aromatic amines is 1. The molecular weight excluding hydrogens is 374 g/mol. The molecule has 3 rings (SSSR count). The highest BCUT2D eigenvalue weighted by Gasteiger charge is 2.17. The Labute approximate surface area is 156 Å². The van der Waals surface area contributed by atoms with Gasteiger partial charge in [0, 0.05) is 16.6 Å². The molecule has 2 aromatic carbocycles. The topological polar surface area (TPSA) is 91.1 Å². The zero-order chi connectivity index (χ0) is 18.9. The van der Waals surface area contributed by atoms with Crippen LogP contribution in [-0.4, -0.2) is 25.1 Å². The molecule has 1 amide bonds. The number of aromatic nitrogens is 1. The SMILES string of the molecule is CCS(=O)(=O)Nc1ccc(NC(=O)c2[nH]c3ccccc3c2Cl)cc1C. The van der Waals surface area contributed by atoms with Crippen LogP contribution in [0.2, 0.25) is 5.02 Å². The normalized spacial score (nSPS) is 11.5. The van der Waals surface area contributed by atoms with E-state index in [0.29, 0.717) is 22.0 Å². The number of fused-ring (bicyclic) bond motifs is 1. The Morgan fingerprint density at radius 1 is 1.19 bits per heavy atom. The maximum absolute atomic E-state index is 12.5. The molecule has 1 aromatic heterocycles. The fraction of sp³-hybridized carbons (Fsp3) is 0.167. The van der Waals surface area contributed by atoms with Crippen molar-refractivity contribution >= 4 is 49.8 Å². The van der Waals surface area contributed by atoms with Crippen LogP contribution in [0.3, 0.4) is 0 Å². The number of aryl methyl sites for hydroxylation is 1. The van der Waals surface area contributed by atoms with Gasteiger partial charge in [-0.25, -0.2) is 8.42 Å².